The van der Waals surface area contributed by atoms with Gasteiger partial charge in [0.05, 0.1) is 10.6 Å². The van der Waals surface area contributed by atoms with E-state index in [-0.39, 0.29) is 29.4 Å². The quantitative estimate of drug-likeness (QED) is 0.901. The van der Waals surface area contributed by atoms with E-state index < -0.39 is 5.82 Å². The number of piperidine rings is 1. The van der Waals surface area contributed by atoms with Crippen LogP contribution in [0.15, 0.2) is 18.2 Å². The first-order chi connectivity index (χ1) is 9.54. The van der Waals surface area contributed by atoms with Gasteiger partial charge in [0.2, 0.25) is 0 Å². The Morgan fingerprint density at radius 1 is 1.33 bits per heavy atom. The minimum Gasteiger partial charge on any atom is -0.339 e. The fraction of sp³-hybridized carbons (Fsp3) is 0.533. The van der Waals surface area contributed by atoms with E-state index >= 15 is 0 Å². The molecule has 1 N–H and O–H groups in total. The van der Waals surface area contributed by atoms with Crippen LogP contribution in [0.4, 0.5) is 4.39 Å². The molecule has 0 aromatic heterocycles. The van der Waals surface area contributed by atoms with E-state index in [0.717, 1.165) is 12.8 Å². The Morgan fingerprint density at radius 2 is 1.95 bits per heavy atom. The molecule has 2 bridgehead atoms. The lowest BCUT2D eigenvalue weighted by Gasteiger charge is -2.35. The summed E-state index contributed by atoms with van der Waals surface area (Å²) in [4.78, 5) is 14.3. The summed E-state index contributed by atoms with van der Waals surface area (Å²) in [6.07, 6.45) is 4.36. The van der Waals surface area contributed by atoms with Crippen molar-refractivity contribution in [2.45, 2.75) is 43.8 Å². The van der Waals surface area contributed by atoms with Crippen molar-refractivity contribution in [1.29, 1.82) is 0 Å². The van der Waals surface area contributed by atoms with E-state index in [1.54, 1.807) is 4.90 Å². The average molecular weight is 333 g/mol. The van der Waals surface area contributed by atoms with E-state index in [2.05, 4.69) is 5.32 Å². The van der Waals surface area contributed by atoms with Crippen LogP contribution in [0.1, 0.15) is 36.0 Å². The first kappa shape index (κ1) is 16.5. The van der Waals surface area contributed by atoms with Gasteiger partial charge in [-0.2, -0.15) is 0 Å². The zero-order valence-corrected chi connectivity index (χ0v) is 13.4. The maximum Gasteiger partial charge on any atom is 0.255 e. The molecule has 116 valence electrons. The van der Waals surface area contributed by atoms with Gasteiger partial charge in [0.25, 0.3) is 5.91 Å². The number of carbonyl (C=O) groups excluding carboxylic acids is 1. The van der Waals surface area contributed by atoms with Crippen molar-refractivity contribution in [3.8, 4) is 0 Å². The highest BCUT2D eigenvalue weighted by Crippen LogP contribution is 2.30. The van der Waals surface area contributed by atoms with Gasteiger partial charge in [0.1, 0.15) is 5.82 Å². The topological polar surface area (TPSA) is 32.3 Å². The lowest BCUT2D eigenvalue weighted by atomic mass is 9.98. The number of benzene rings is 1. The van der Waals surface area contributed by atoms with Gasteiger partial charge in [0, 0.05) is 25.2 Å². The van der Waals surface area contributed by atoms with Crippen LogP contribution in [-0.4, -0.2) is 36.0 Å². The predicted octanol–water partition coefficient (Wildman–Crippen LogP) is 3.26. The van der Waals surface area contributed by atoms with E-state index in [4.69, 9.17) is 11.6 Å². The Bertz CT molecular complexity index is 528. The molecule has 2 fully saturated rings. The van der Waals surface area contributed by atoms with Crippen LogP contribution in [0, 0.1) is 5.82 Å². The number of amides is 1. The fourth-order valence-corrected chi connectivity index (χ4v) is 3.61. The van der Waals surface area contributed by atoms with Crippen molar-refractivity contribution >= 4 is 29.9 Å². The zero-order chi connectivity index (χ0) is 14.3. The molecule has 2 heterocycles. The summed E-state index contributed by atoms with van der Waals surface area (Å²) < 4.78 is 13.1. The van der Waals surface area contributed by atoms with E-state index in [0.29, 0.717) is 17.6 Å². The van der Waals surface area contributed by atoms with Crippen molar-refractivity contribution < 1.29 is 9.18 Å². The van der Waals surface area contributed by atoms with Gasteiger partial charge in [-0.25, -0.2) is 4.39 Å². The Balaban J connectivity index is 0.00000161. The Labute approximate surface area is 135 Å². The molecule has 1 aromatic carbocycles. The normalized spacial score (nSPS) is 27.1. The van der Waals surface area contributed by atoms with Crippen LogP contribution < -0.4 is 5.32 Å². The molecule has 2 aliphatic heterocycles. The molecule has 2 unspecified atom stereocenters. The summed E-state index contributed by atoms with van der Waals surface area (Å²) >= 11 is 5.98. The second-order valence-corrected chi connectivity index (χ2v) is 6.21. The Hall–Kier alpha value is -0.840. The summed E-state index contributed by atoms with van der Waals surface area (Å²) in [7, 11) is 1.82. The Kier molecular flexibility index (Phi) is 5.12. The van der Waals surface area contributed by atoms with Gasteiger partial charge in [-0.05, 0) is 43.9 Å². The van der Waals surface area contributed by atoms with Crippen molar-refractivity contribution in [3.05, 3.63) is 34.6 Å². The molecule has 3 nitrogen and oxygen atoms in total. The van der Waals surface area contributed by atoms with Crippen molar-refractivity contribution in [1.82, 2.24) is 10.2 Å². The molecule has 0 aliphatic carbocycles. The standard InChI is InChI=1S/C15H18ClFN2O.ClH/c1-19(12-7-10-3-4-11(8-12)18-10)15(20)13-5-2-9(17)6-14(13)16;/h2,5-6,10-12,18H,3-4,7-8H2,1H3;1H. The number of carbonyl (C=O) groups is 1. The van der Waals surface area contributed by atoms with Crippen LogP contribution in [-0.2, 0) is 0 Å². The van der Waals surface area contributed by atoms with Gasteiger partial charge < -0.3 is 10.2 Å². The van der Waals surface area contributed by atoms with Crippen molar-refractivity contribution in [2.24, 2.45) is 0 Å². The minimum atomic E-state index is -0.422. The maximum atomic E-state index is 13.1. The van der Waals surface area contributed by atoms with Gasteiger partial charge in [-0.1, -0.05) is 11.6 Å². The van der Waals surface area contributed by atoms with Crippen LogP contribution in [0.25, 0.3) is 0 Å². The van der Waals surface area contributed by atoms with E-state index in [9.17, 15) is 9.18 Å². The minimum absolute atomic E-state index is 0. The third-order valence-electron chi connectivity index (χ3n) is 4.48. The van der Waals surface area contributed by atoms with E-state index in [1.807, 2.05) is 7.05 Å². The van der Waals surface area contributed by atoms with Crippen molar-refractivity contribution in [2.75, 3.05) is 7.05 Å². The molecule has 0 radical (unpaired) electrons. The molecule has 2 atom stereocenters. The number of nitrogens with one attached hydrogen (secondary N) is 1. The molecule has 3 rings (SSSR count). The largest absolute Gasteiger partial charge is 0.339 e. The predicted molar refractivity (Wildman–Crippen MR) is 83.7 cm³/mol. The third kappa shape index (κ3) is 3.33. The lowest BCUT2D eigenvalue weighted by molar-refractivity contribution is 0.0682. The lowest BCUT2D eigenvalue weighted by Crippen LogP contribution is -2.48. The summed E-state index contributed by atoms with van der Waals surface area (Å²) in [6.45, 7) is 0. The molecule has 21 heavy (non-hydrogen) atoms. The fourth-order valence-electron chi connectivity index (χ4n) is 3.36. The number of hydrogen-bond acceptors (Lipinski definition) is 2. The molecule has 1 amide bonds. The van der Waals surface area contributed by atoms with Crippen LogP contribution in [0.5, 0.6) is 0 Å². The summed E-state index contributed by atoms with van der Waals surface area (Å²) in [6, 6.07) is 5.22. The molecular weight excluding hydrogens is 314 g/mol. The highest BCUT2D eigenvalue weighted by atomic mass is 35.5. The Morgan fingerprint density at radius 3 is 2.52 bits per heavy atom. The number of nitrogens with zero attached hydrogens (tertiary/aromatic N) is 1. The molecule has 1 aromatic rings. The SMILES string of the molecule is CN(C(=O)c1ccc(F)cc1Cl)C1CC2CCC(C1)N2.Cl. The highest BCUT2D eigenvalue weighted by molar-refractivity contribution is 6.33. The molecule has 0 spiro atoms. The zero-order valence-electron chi connectivity index (χ0n) is 11.8. The summed E-state index contributed by atoms with van der Waals surface area (Å²) in [5.74, 6) is -0.546. The monoisotopic (exact) mass is 332 g/mol. The molecule has 0 saturated carbocycles. The van der Waals surface area contributed by atoms with Gasteiger partial charge in [0.15, 0.2) is 0 Å². The molecule has 2 aliphatic rings. The van der Waals surface area contributed by atoms with Crippen LogP contribution in [0.3, 0.4) is 0 Å². The number of rotatable bonds is 2. The smallest absolute Gasteiger partial charge is 0.255 e. The molecular formula is C15H19Cl2FN2O. The maximum absolute atomic E-state index is 13.1. The summed E-state index contributed by atoms with van der Waals surface area (Å²) in [5.41, 5.74) is 0.376. The van der Waals surface area contributed by atoms with E-state index in [1.165, 1.54) is 31.0 Å². The highest BCUT2D eigenvalue weighted by Gasteiger charge is 2.36. The average Bonchev–Trinajstić information content (AvgIpc) is 2.76. The third-order valence-corrected chi connectivity index (χ3v) is 4.79. The van der Waals surface area contributed by atoms with Gasteiger partial charge in [-0.3, -0.25) is 4.79 Å². The van der Waals surface area contributed by atoms with Crippen LogP contribution >= 0.6 is 24.0 Å². The van der Waals surface area contributed by atoms with Gasteiger partial charge in [-0.15, -0.1) is 12.4 Å². The van der Waals surface area contributed by atoms with Crippen LogP contribution in [0.2, 0.25) is 5.02 Å². The first-order valence-corrected chi connectivity index (χ1v) is 7.40. The second kappa shape index (κ2) is 6.51. The number of fused-ring (bicyclic) bond motifs is 2. The number of hydrogen-bond donors (Lipinski definition) is 1. The molecule has 6 heteroatoms. The van der Waals surface area contributed by atoms with Crippen molar-refractivity contribution in [3.63, 3.8) is 0 Å². The number of halogens is 3. The molecule has 2 saturated heterocycles. The summed E-state index contributed by atoms with van der Waals surface area (Å²) in [5, 5.41) is 3.74. The first-order valence-electron chi connectivity index (χ1n) is 7.03. The van der Waals surface area contributed by atoms with Gasteiger partial charge >= 0.3 is 0 Å². The second-order valence-electron chi connectivity index (χ2n) is 5.80.